The second kappa shape index (κ2) is 4.64. The molecule has 1 heterocycles. The number of ether oxygens (including phenoxy) is 2. The summed E-state index contributed by atoms with van der Waals surface area (Å²) in [6.45, 7) is 1.37. The van der Waals surface area contributed by atoms with Crippen LogP contribution in [0.1, 0.15) is 17.4 Å². The summed E-state index contributed by atoms with van der Waals surface area (Å²) in [7, 11) is 0. The number of rotatable bonds is 3. The molecule has 74 valence electrons. The molecule has 2 rings (SSSR count). The van der Waals surface area contributed by atoms with E-state index in [1.54, 1.807) is 5.37 Å². The fourth-order valence-corrected chi connectivity index (χ4v) is 1.71. The smallest absolute Gasteiger partial charge is 0.184 e. The highest BCUT2D eigenvalue weighted by molar-refractivity contribution is 7.78. The Hall–Kier alpha value is -0.770. The van der Waals surface area contributed by atoms with Gasteiger partial charge >= 0.3 is 0 Å². The minimum absolute atomic E-state index is 0.180. The second-order valence-electron chi connectivity index (χ2n) is 3.19. The van der Waals surface area contributed by atoms with Crippen molar-refractivity contribution in [1.82, 2.24) is 0 Å². The molecule has 0 atom stereocenters. The number of benzene rings is 1. The molecule has 0 radical (unpaired) electrons. The van der Waals surface area contributed by atoms with Crippen LogP contribution in [0.15, 0.2) is 24.3 Å². The van der Waals surface area contributed by atoms with Gasteiger partial charge in [-0.3, -0.25) is 0 Å². The van der Waals surface area contributed by atoms with Crippen LogP contribution in [0.2, 0.25) is 0 Å². The highest BCUT2D eigenvalue weighted by Gasteiger charge is 2.17. The van der Waals surface area contributed by atoms with E-state index < -0.39 is 0 Å². The third-order valence-electron chi connectivity index (χ3n) is 2.16. The van der Waals surface area contributed by atoms with E-state index in [-0.39, 0.29) is 6.29 Å². The highest BCUT2D eigenvalue weighted by Crippen LogP contribution is 2.23. The van der Waals surface area contributed by atoms with Gasteiger partial charge in [-0.25, -0.2) is 0 Å². The summed E-state index contributed by atoms with van der Waals surface area (Å²) in [6, 6.07) is 8.16. The molecular formula is C11H12O2S. The molecule has 1 aromatic rings. The van der Waals surface area contributed by atoms with Crippen molar-refractivity contribution in [2.45, 2.75) is 12.7 Å². The van der Waals surface area contributed by atoms with Crippen molar-refractivity contribution in [3.63, 3.8) is 0 Å². The van der Waals surface area contributed by atoms with Crippen LogP contribution in [0, 0.1) is 0 Å². The molecule has 0 unspecified atom stereocenters. The first kappa shape index (κ1) is 9.77. The van der Waals surface area contributed by atoms with Gasteiger partial charge in [-0.1, -0.05) is 36.5 Å². The molecule has 3 heteroatoms. The lowest BCUT2D eigenvalue weighted by Gasteiger charge is -2.09. The first-order chi connectivity index (χ1) is 6.90. The average Bonchev–Trinajstić information content (AvgIpc) is 2.71. The molecule has 1 aliphatic heterocycles. The van der Waals surface area contributed by atoms with E-state index in [1.807, 2.05) is 12.1 Å². The van der Waals surface area contributed by atoms with E-state index in [1.165, 1.54) is 5.56 Å². The predicted molar refractivity (Wildman–Crippen MR) is 58.4 cm³/mol. The summed E-state index contributed by atoms with van der Waals surface area (Å²) >= 11 is 4.82. The van der Waals surface area contributed by atoms with Gasteiger partial charge in [0.05, 0.1) is 13.2 Å². The fourth-order valence-electron chi connectivity index (χ4n) is 1.51. The van der Waals surface area contributed by atoms with Crippen molar-refractivity contribution in [2.24, 2.45) is 0 Å². The SMILES string of the molecule is S=CCc1cccc(C2OCCO2)c1. The van der Waals surface area contributed by atoms with Gasteiger partial charge in [0.15, 0.2) is 6.29 Å². The van der Waals surface area contributed by atoms with E-state index in [4.69, 9.17) is 21.7 Å². The second-order valence-corrected chi connectivity index (χ2v) is 3.52. The van der Waals surface area contributed by atoms with Gasteiger partial charge in [0, 0.05) is 12.0 Å². The number of thiocarbonyl (C=S) groups is 1. The zero-order valence-corrected chi connectivity index (χ0v) is 8.63. The Morgan fingerprint density at radius 2 is 2.14 bits per heavy atom. The molecule has 0 aromatic heterocycles. The molecule has 0 amide bonds. The van der Waals surface area contributed by atoms with Gasteiger partial charge in [0.2, 0.25) is 0 Å². The molecule has 0 N–H and O–H groups in total. The van der Waals surface area contributed by atoms with Crippen LogP contribution in [0.3, 0.4) is 0 Å². The Labute approximate surface area is 88.8 Å². The van der Waals surface area contributed by atoms with Crippen LogP contribution in [0.25, 0.3) is 0 Å². The zero-order chi connectivity index (χ0) is 9.80. The summed E-state index contributed by atoms with van der Waals surface area (Å²) in [4.78, 5) is 0. The van der Waals surface area contributed by atoms with Crippen LogP contribution in [-0.4, -0.2) is 18.6 Å². The predicted octanol–water partition coefficient (Wildman–Crippen LogP) is 2.27. The maximum atomic E-state index is 5.41. The van der Waals surface area contributed by atoms with Crippen LogP contribution in [0.5, 0.6) is 0 Å². The lowest BCUT2D eigenvalue weighted by molar-refractivity contribution is -0.0441. The van der Waals surface area contributed by atoms with Crippen LogP contribution >= 0.6 is 12.2 Å². The molecule has 1 fully saturated rings. The van der Waals surface area contributed by atoms with Crippen molar-refractivity contribution in [2.75, 3.05) is 13.2 Å². The van der Waals surface area contributed by atoms with E-state index in [0.29, 0.717) is 13.2 Å². The number of hydrogen-bond acceptors (Lipinski definition) is 3. The molecule has 1 aromatic carbocycles. The molecule has 1 saturated heterocycles. The van der Waals surface area contributed by atoms with E-state index >= 15 is 0 Å². The third kappa shape index (κ3) is 2.18. The summed E-state index contributed by atoms with van der Waals surface area (Å²) in [5.74, 6) is 0. The Kier molecular flexibility index (Phi) is 3.24. The van der Waals surface area contributed by atoms with Gasteiger partial charge in [-0.2, -0.15) is 0 Å². The van der Waals surface area contributed by atoms with Gasteiger partial charge < -0.3 is 9.47 Å². The van der Waals surface area contributed by atoms with E-state index in [9.17, 15) is 0 Å². The largest absolute Gasteiger partial charge is 0.346 e. The average molecular weight is 208 g/mol. The summed E-state index contributed by atoms with van der Waals surface area (Å²) < 4.78 is 10.8. The molecule has 14 heavy (non-hydrogen) atoms. The van der Waals surface area contributed by atoms with Crippen LogP contribution in [0.4, 0.5) is 0 Å². The van der Waals surface area contributed by atoms with Crippen molar-refractivity contribution in [3.8, 4) is 0 Å². The minimum Gasteiger partial charge on any atom is -0.346 e. The van der Waals surface area contributed by atoms with Crippen molar-refractivity contribution in [1.29, 1.82) is 0 Å². The Morgan fingerprint density at radius 1 is 1.36 bits per heavy atom. The van der Waals surface area contributed by atoms with E-state index in [2.05, 4.69) is 12.1 Å². The van der Waals surface area contributed by atoms with Crippen LogP contribution in [-0.2, 0) is 15.9 Å². The third-order valence-corrected chi connectivity index (χ3v) is 2.33. The monoisotopic (exact) mass is 208 g/mol. The molecule has 0 saturated carbocycles. The maximum absolute atomic E-state index is 5.41. The Bertz CT molecular complexity index is 319. The standard InChI is InChI=1S/C11H12O2S/c14-7-4-9-2-1-3-10(8-9)11-12-5-6-13-11/h1-3,7-8,11H,4-6H2. The molecular weight excluding hydrogens is 196 g/mol. The maximum Gasteiger partial charge on any atom is 0.184 e. The van der Waals surface area contributed by atoms with E-state index in [0.717, 1.165) is 12.0 Å². The lowest BCUT2D eigenvalue weighted by atomic mass is 10.1. The Balaban J connectivity index is 2.16. The van der Waals surface area contributed by atoms with Crippen LogP contribution < -0.4 is 0 Å². The summed E-state index contributed by atoms with van der Waals surface area (Å²) in [5, 5.41) is 1.73. The fraction of sp³-hybridized carbons (Fsp3) is 0.364. The van der Waals surface area contributed by atoms with Gasteiger partial charge in [-0.15, -0.1) is 0 Å². The summed E-state index contributed by atoms with van der Waals surface area (Å²) in [5.41, 5.74) is 2.29. The first-order valence-electron chi connectivity index (χ1n) is 4.66. The highest BCUT2D eigenvalue weighted by atomic mass is 32.1. The molecule has 2 nitrogen and oxygen atoms in total. The zero-order valence-electron chi connectivity index (χ0n) is 7.81. The minimum atomic E-state index is -0.180. The molecule has 0 aliphatic carbocycles. The molecule has 1 aliphatic rings. The normalized spacial score (nSPS) is 17.1. The van der Waals surface area contributed by atoms with Gasteiger partial charge in [0.25, 0.3) is 0 Å². The van der Waals surface area contributed by atoms with Crippen molar-refractivity contribution >= 4 is 17.6 Å². The lowest BCUT2D eigenvalue weighted by Crippen LogP contribution is -1.98. The topological polar surface area (TPSA) is 18.5 Å². The first-order valence-corrected chi connectivity index (χ1v) is 5.13. The van der Waals surface area contributed by atoms with Gasteiger partial charge in [0.1, 0.15) is 0 Å². The van der Waals surface area contributed by atoms with Gasteiger partial charge in [-0.05, 0) is 10.9 Å². The van der Waals surface area contributed by atoms with Crippen molar-refractivity contribution in [3.05, 3.63) is 35.4 Å². The Morgan fingerprint density at radius 3 is 2.86 bits per heavy atom. The molecule has 0 spiro atoms. The van der Waals surface area contributed by atoms with Crippen molar-refractivity contribution < 1.29 is 9.47 Å². The number of hydrogen-bond donors (Lipinski definition) is 0. The summed E-state index contributed by atoms with van der Waals surface area (Å²) in [6.07, 6.45) is 0.635. The molecule has 0 bridgehead atoms. The quantitative estimate of drug-likeness (QED) is 0.710.